The summed E-state index contributed by atoms with van der Waals surface area (Å²) in [5.74, 6) is 0. The number of nitrogens with zero attached hydrogens (tertiary/aromatic N) is 3. The molecule has 1 aliphatic carbocycles. The summed E-state index contributed by atoms with van der Waals surface area (Å²) in [4.78, 5) is 23.0. The molecular weight excluding hydrogens is 268 g/mol. The topological polar surface area (TPSA) is 72.8 Å². The first kappa shape index (κ1) is 11.4. The zero-order chi connectivity index (χ0) is 13.0. The van der Waals surface area contributed by atoms with Crippen LogP contribution in [0.15, 0.2) is 11.0 Å². The first-order valence-corrected chi connectivity index (χ1v) is 6.81. The van der Waals surface area contributed by atoms with E-state index in [1.54, 1.807) is 10.8 Å². The second-order valence-corrected chi connectivity index (χ2v) is 5.69. The Morgan fingerprint density at radius 1 is 1.53 bits per heavy atom. The number of halogens is 1. The van der Waals surface area contributed by atoms with Gasteiger partial charge in [-0.25, -0.2) is 9.78 Å². The lowest BCUT2D eigenvalue weighted by atomic mass is 10.0. The van der Waals surface area contributed by atoms with E-state index in [0.717, 1.165) is 25.7 Å². The fraction of sp³-hybridized carbons (Fsp3) is 0.583. The Hall–Kier alpha value is -1.40. The molecule has 7 heteroatoms. The average Bonchev–Trinajstić information content (AvgIpc) is 3.03. The summed E-state index contributed by atoms with van der Waals surface area (Å²) in [5, 5.41) is 0.161. The molecule has 1 saturated heterocycles. The fourth-order valence-electron chi connectivity index (χ4n) is 2.94. The summed E-state index contributed by atoms with van der Waals surface area (Å²) in [7, 11) is 0. The lowest BCUT2D eigenvalue weighted by molar-refractivity contribution is -0.0246. The highest BCUT2D eigenvalue weighted by Crippen LogP contribution is 2.49. The minimum absolute atomic E-state index is 0.0166. The molecule has 1 unspecified atom stereocenters. The fourth-order valence-corrected chi connectivity index (χ4v) is 3.07. The van der Waals surface area contributed by atoms with E-state index < -0.39 is 0 Å². The van der Waals surface area contributed by atoms with Crippen LogP contribution >= 0.6 is 11.6 Å². The van der Waals surface area contributed by atoms with E-state index in [-0.39, 0.29) is 22.6 Å². The van der Waals surface area contributed by atoms with E-state index in [4.69, 9.17) is 16.3 Å². The number of fused-ring (bicyclic) bond motifs is 1. The van der Waals surface area contributed by atoms with Gasteiger partial charge in [0.15, 0.2) is 5.65 Å². The summed E-state index contributed by atoms with van der Waals surface area (Å²) in [5.41, 5.74) is 1.09. The zero-order valence-corrected chi connectivity index (χ0v) is 11.0. The minimum Gasteiger partial charge on any atom is -0.375 e. The van der Waals surface area contributed by atoms with Crippen molar-refractivity contribution >= 4 is 22.8 Å². The van der Waals surface area contributed by atoms with Gasteiger partial charge in [0, 0.05) is 12.6 Å². The van der Waals surface area contributed by atoms with E-state index >= 15 is 0 Å². The molecular formula is C12H13ClN4O2. The van der Waals surface area contributed by atoms with Crippen LogP contribution in [0.5, 0.6) is 0 Å². The van der Waals surface area contributed by atoms with Gasteiger partial charge in [0.05, 0.1) is 11.8 Å². The number of H-pyrrole nitrogens is 1. The smallest absolute Gasteiger partial charge is 0.327 e. The third-order valence-corrected chi connectivity index (χ3v) is 4.25. The Bertz CT molecular complexity index is 703. The highest BCUT2D eigenvalue weighted by Gasteiger charge is 2.48. The third kappa shape index (κ3) is 1.78. The summed E-state index contributed by atoms with van der Waals surface area (Å²) >= 11 is 5.83. The van der Waals surface area contributed by atoms with Gasteiger partial charge in [-0.15, -0.1) is 0 Å². The highest BCUT2D eigenvalue weighted by atomic mass is 35.5. The molecule has 0 bridgehead atoms. The van der Waals surface area contributed by atoms with Crippen LogP contribution in [0.25, 0.3) is 11.2 Å². The summed E-state index contributed by atoms with van der Waals surface area (Å²) in [6, 6.07) is 0.128. The van der Waals surface area contributed by atoms with Crippen LogP contribution in [0, 0.1) is 0 Å². The molecule has 0 aromatic carbocycles. The van der Waals surface area contributed by atoms with Crippen LogP contribution in [0.2, 0.25) is 5.28 Å². The molecule has 6 nitrogen and oxygen atoms in total. The van der Waals surface area contributed by atoms with Crippen LogP contribution in [-0.2, 0) is 4.74 Å². The van der Waals surface area contributed by atoms with Gasteiger partial charge in [-0.2, -0.15) is 4.98 Å². The molecule has 0 amide bonds. The van der Waals surface area contributed by atoms with Crippen molar-refractivity contribution in [1.82, 2.24) is 19.5 Å². The van der Waals surface area contributed by atoms with Crippen LogP contribution in [0.1, 0.15) is 31.7 Å². The lowest BCUT2D eigenvalue weighted by Crippen LogP contribution is -2.33. The van der Waals surface area contributed by atoms with E-state index in [9.17, 15) is 4.79 Å². The number of hydrogen-bond acceptors (Lipinski definition) is 4. The van der Waals surface area contributed by atoms with Crippen molar-refractivity contribution in [1.29, 1.82) is 0 Å². The van der Waals surface area contributed by atoms with E-state index in [0.29, 0.717) is 17.8 Å². The quantitative estimate of drug-likeness (QED) is 0.806. The molecule has 0 radical (unpaired) electrons. The van der Waals surface area contributed by atoms with Gasteiger partial charge in [-0.1, -0.05) is 0 Å². The van der Waals surface area contributed by atoms with Crippen molar-refractivity contribution in [2.24, 2.45) is 0 Å². The van der Waals surface area contributed by atoms with Crippen molar-refractivity contribution in [2.75, 3.05) is 6.61 Å². The number of aromatic nitrogens is 4. The predicted octanol–water partition coefficient (Wildman–Crippen LogP) is 1.66. The number of hydrogen-bond donors (Lipinski definition) is 1. The molecule has 1 saturated carbocycles. The predicted molar refractivity (Wildman–Crippen MR) is 69.3 cm³/mol. The summed E-state index contributed by atoms with van der Waals surface area (Å²) in [6.45, 7) is 0.697. The van der Waals surface area contributed by atoms with Gasteiger partial charge in [0.1, 0.15) is 5.52 Å². The molecule has 2 fully saturated rings. The number of imidazole rings is 1. The van der Waals surface area contributed by atoms with Crippen molar-refractivity contribution in [3.63, 3.8) is 0 Å². The SMILES string of the molecule is O=c1[nH]c2cnc(Cl)nc2n1C1CCOC2(CC2)C1. The minimum atomic E-state index is -0.144. The number of nitrogens with one attached hydrogen (secondary N) is 1. The standard InChI is InChI=1S/C12H13ClN4O2/c13-10-14-6-8-9(16-10)17(11(18)15-8)7-1-4-19-12(5-7)2-3-12/h6-7H,1-5H2,(H,15,18). The van der Waals surface area contributed by atoms with Crippen LogP contribution in [-0.4, -0.2) is 31.7 Å². The van der Waals surface area contributed by atoms with Crippen molar-refractivity contribution in [2.45, 2.75) is 37.3 Å². The van der Waals surface area contributed by atoms with Crippen molar-refractivity contribution in [3.05, 3.63) is 22.0 Å². The molecule has 4 rings (SSSR count). The van der Waals surface area contributed by atoms with E-state index in [1.165, 1.54) is 0 Å². The van der Waals surface area contributed by atoms with Crippen LogP contribution in [0.4, 0.5) is 0 Å². The Labute approximate surface area is 113 Å². The molecule has 100 valence electrons. The average molecular weight is 281 g/mol. The molecule has 1 N–H and O–H groups in total. The van der Waals surface area contributed by atoms with Gasteiger partial charge in [-0.05, 0) is 37.3 Å². The van der Waals surface area contributed by atoms with Crippen LogP contribution < -0.4 is 5.69 Å². The Balaban J connectivity index is 1.83. The second kappa shape index (κ2) is 3.80. The van der Waals surface area contributed by atoms with E-state index in [2.05, 4.69) is 15.0 Å². The van der Waals surface area contributed by atoms with Gasteiger partial charge < -0.3 is 9.72 Å². The maximum Gasteiger partial charge on any atom is 0.327 e. The molecule has 2 aromatic heterocycles. The summed E-state index contributed by atoms with van der Waals surface area (Å²) in [6.07, 6.45) is 5.44. The Morgan fingerprint density at radius 3 is 3.16 bits per heavy atom. The van der Waals surface area contributed by atoms with Crippen molar-refractivity contribution < 1.29 is 4.74 Å². The largest absolute Gasteiger partial charge is 0.375 e. The van der Waals surface area contributed by atoms with Gasteiger partial charge >= 0.3 is 5.69 Å². The third-order valence-electron chi connectivity index (χ3n) is 4.07. The monoisotopic (exact) mass is 280 g/mol. The molecule has 2 aromatic rings. The number of ether oxygens (including phenoxy) is 1. The van der Waals surface area contributed by atoms with Gasteiger partial charge in [-0.3, -0.25) is 4.57 Å². The maximum absolute atomic E-state index is 12.1. The van der Waals surface area contributed by atoms with Crippen LogP contribution in [0.3, 0.4) is 0 Å². The Morgan fingerprint density at radius 2 is 2.37 bits per heavy atom. The van der Waals surface area contributed by atoms with E-state index in [1.807, 2.05) is 0 Å². The molecule has 2 aliphatic rings. The maximum atomic E-state index is 12.1. The molecule has 1 aliphatic heterocycles. The molecule has 1 atom stereocenters. The second-order valence-electron chi connectivity index (χ2n) is 5.35. The molecule has 3 heterocycles. The number of aromatic amines is 1. The highest BCUT2D eigenvalue weighted by molar-refractivity contribution is 6.28. The molecule has 19 heavy (non-hydrogen) atoms. The van der Waals surface area contributed by atoms with Crippen molar-refractivity contribution in [3.8, 4) is 0 Å². The summed E-state index contributed by atoms with van der Waals surface area (Å²) < 4.78 is 7.51. The zero-order valence-electron chi connectivity index (χ0n) is 10.2. The van der Waals surface area contributed by atoms with Gasteiger partial charge in [0.25, 0.3) is 0 Å². The molecule has 1 spiro atoms. The normalized spacial score (nSPS) is 25.0. The lowest BCUT2D eigenvalue weighted by Gasteiger charge is -2.30. The Kier molecular flexibility index (Phi) is 2.29. The van der Waals surface area contributed by atoms with Gasteiger partial charge in [0.2, 0.25) is 5.28 Å². The first-order valence-electron chi connectivity index (χ1n) is 6.44. The first-order chi connectivity index (χ1) is 9.17. The number of rotatable bonds is 1.